The van der Waals surface area contributed by atoms with E-state index >= 15 is 0 Å². The number of hydrogen-bond acceptors (Lipinski definition) is 4. The monoisotopic (exact) mass is 247 g/mol. The standard InChI is InChI=1S/C13H17N3S/c1-10-16-13(9-17-10)8-12(14-2)7-11-3-5-15-6-4-11/h3-6,9,12,14H,7-8H2,1-2H3. The number of thiazole rings is 1. The SMILES string of the molecule is CNC(Cc1ccncc1)Cc1csc(C)n1. The predicted molar refractivity (Wildman–Crippen MR) is 71.3 cm³/mol. The summed E-state index contributed by atoms with van der Waals surface area (Å²) >= 11 is 1.71. The van der Waals surface area contributed by atoms with E-state index in [1.807, 2.05) is 26.4 Å². The highest BCUT2D eigenvalue weighted by Crippen LogP contribution is 2.12. The van der Waals surface area contributed by atoms with Gasteiger partial charge in [0, 0.05) is 30.2 Å². The van der Waals surface area contributed by atoms with Crippen LogP contribution in [0.1, 0.15) is 16.3 Å². The lowest BCUT2D eigenvalue weighted by molar-refractivity contribution is 0.551. The molecule has 17 heavy (non-hydrogen) atoms. The van der Waals surface area contributed by atoms with Gasteiger partial charge in [0.25, 0.3) is 0 Å². The summed E-state index contributed by atoms with van der Waals surface area (Å²) in [5, 5.41) is 6.64. The van der Waals surface area contributed by atoms with Crippen LogP contribution in [0.3, 0.4) is 0 Å². The molecule has 0 radical (unpaired) electrons. The van der Waals surface area contributed by atoms with E-state index in [4.69, 9.17) is 0 Å². The van der Waals surface area contributed by atoms with E-state index in [0.717, 1.165) is 17.8 Å². The van der Waals surface area contributed by atoms with Gasteiger partial charge in [0.2, 0.25) is 0 Å². The van der Waals surface area contributed by atoms with Crippen molar-refractivity contribution >= 4 is 11.3 Å². The first kappa shape index (κ1) is 12.2. The van der Waals surface area contributed by atoms with Crippen molar-refractivity contribution in [1.29, 1.82) is 0 Å². The number of hydrogen-bond donors (Lipinski definition) is 1. The second-order valence-corrected chi connectivity index (χ2v) is 5.17. The third kappa shape index (κ3) is 3.61. The van der Waals surface area contributed by atoms with Crippen LogP contribution < -0.4 is 5.32 Å². The van der Waals surface area contributed by atoms with Crippen LogP contribution in [0, 0.1) is 6.92 Å². The lowest BCUT2D eigenvalue weighted by atomic mass is 10.0. The molecule has 2 heterocycles. The van der Waals surface area contributed by atoms with E-state index in [0.29, 0.717) is 6.04 Å². The molecule has 2 rings (SSSR count). The highest BCUT2D eigenvalue weighted by molar-refractivity contribution is 7.09. The Balaban J connectivity index is 1.98. The summed E-state index contributed by atoms with van der Waals surface area (Å²) in [7, 11) is 2.01. The van der Waals surface area contributed by atoms with Crippen LogP contribution in [0.5, 0.6) is 0 Å². The van der Waals surface area contributed by atoms with E-state index in [9.17, 15) is 0 Å². The van der Waals surface area contributed by atoms with E-state index in [1.165, 1.54) is 11.3 Å². The average molecular weight is 247 g/mol. The van der Waals surface area contributed by atoms with Gasteiger partial charge in [-0.2, -0.15) is 0 Å². The van der Waals surface area contributed by atoms with E-state index in [1.54, 1.807) is 11.3 Å². The predicted octanol–water partition coefficient (Wildman–Crippen LogP) is 2.22. The molecule has 1 N–H and O–H groups in total. The number of nitrogens with one attached hydrogen (secondary N) is 1. The summed E-state index contributed by atoms with van der Waals surface area (Å²) < 4.78 is 0. The van der Waals surface area contributed by atoms with E-state index < -0.39 is 0 Å². The Labute approximate surface area is 106 Å². The first-order valence-corrected chi connectivity index (χ1v) is 6.63. The van der Waals surface area contributed by atoms with Crippen molar-refractivity contribution in [3.63, 3.8) is 0 Å². The normalized spacial score (nSPS) is 12.6. The molecule has 0 aliphatic heterocycles. The molecular formula is C13H17N3S. The zero-order valence-electron chi connectivity index (χ0n) is 10.2. The summed E-state index contributed by atoms with van der Waals surface area (Å²) in [6, 6.07) is 4.56. The van der Waals surface area contributed by atoms with Crippen molar-refractivity contribution in [2.24, 2.45) is 0 Å². The Kier molecular flexibility index (Phi) is 4.23. The molecule has 2 aromatic rings. The summed E-state index contributed by atoms with van der Waals surface area (Å²) in [6.07, 6.45) is 5.67. The molecule has 0 saturated heterocycles. The minimum atomic E-state index is 0.430. The Bertz CT molecular complexity index is 453. The molecule has 0 saturated carbocycles. The fourth-order valence-corrected chi connectivity index (χ4v) is 2.46. The zero-order valence-corrected chi connectivity index (χ0v) is 11.0. The molecule has 0 bridgehead atoms. The van der Waals surface area contributed by atoms with Gasteiger partial charge in [0.05, 0.1) is 10.7 Å². The lowest BCUT2D eigenvalue weighted by Gasteiger charge is -2.14. The minimum absolute atomic E-state index is 0.430. The quantitative estimate of drug-likeness (QED) is 0.880. The number of pyridine rings is 1. The van der Waals surface area contributed by atoms with Crippen molar-refractivity contribution in [2.75, 3.05) is 7.05 Å². The van der Waals surface area contributed by atoms with Crippen molar-refractivity contribution in [2.45, 2.75) is 25.8 Å². The Hall–Kier alpha value is -1.26. The molecular weight excluding hydrogens is 230 g/mol. The van der Waals surface area contributed by atoms with Crippen LogP contribution in [-0.4, -0.2) is 23.1 Å². The van der Waals surface area contributed by atoms with Crippen molar-refractivity contribution in [3.05, 3.63) is 46.2 Å². The maximum absolute atomic E-state index is 4.51. The topological polar surface area (TPSA) is 37.8 Å². The summed E-state index contributed by atoms with van der Waals surface area (Å²) in [6.45, 7) is 2.05. The van der Waals surface area contributed by atoms with Gasteiger partial charge in [0.1, 0.15) is 0 Å². The van der Waals surface area contributed by atoms with Gasteiger partial charge in [-0.15, -0.1) is 11.3 Å². The van der Waals surface area contributed by atoms with Crippen LogP contribution in [0.15, 0.2) is 29.9 Å². The first-order chi connectivity index (χ1) is 8.28. The molecule has 3 nitrogen and oxygen atoms in total. The van der Waals surface area contributed by atoms with Crippen LogP contribution in [0.2, 0.25) is 0 Å². The maximum Gasteiger partial charge on any atom is 0.0897 e. The smallest absolute Gasteiger partial charge is 0.0897 e. The van der Waals surface area contributed by atoms with Crippen LogP contribution in [-0.2, 0) is 12.8 Å². The van der Waals surface area contributed by atoms with Crippen LogP contribution in [0.4, 0.5) is 0 Å². The number of likely N-dealkylation sites (N-methyl/N-ethyl adjacent to an activating group) is 1. The van der Waals surface area contributed by atoms with E-state index in [2.05, 4.69) is 32.8 Å². The molecule has 1 atom stereocenters. The fraction of sp³-hybridized carbons (Fsp3) is 0.385. The molecule has 0 amide bonds. The average Bonchev–Trinajstić information content (AvgIpc) is 2.75. The molecule has 0 aromatic carbocycles. The van der Waals surface area contributed by atoms with Gasteiger partial charge >= 0.3 is 0 Å². The number of aromatic nitrogens is 2. The Morgan fingerprint density at radius 3 is 2.65 bits per heavy atom. The fourth-order valence-electron chi connectivity index (χ4n) is 1.83. The van der Waals surface area contributed by atoms with E-state index in [-0.39, 0.29) is 0 Å². The maximum atomic E-state index is 4.51. The molecule has 4 heteroatoms. The second-order valence-electron chi connectivity index (χ2n) is 4.11. The summed E-state index contributed by atoms with van der Waals surface area (Å²) in [4.78, 5) is 8.54. The largest absolute Gasteiger partial charge is 0.316 e. The summed E-state index contributed by atoms with van der Waals surface area (Å²) in [5.74, 6) is 0. The van der Waals surface area contributed by atoms with Crippen molar-refractivity contribution in [3.8, 4) is 0 Å². The summed E-state index contributed by atoms with van der Waals surface area (Å²) in [5.41, 5.74) is 2.49. The molecule has 0 aliphatic rings. The van der Waals surface area contributed by atoms with Gasteiger partial charge < -0.3 is 5.32 Å². The zero-order chi connectivity index (χ0) is 12.1. The van der Waals surface area contributed by atoms with Gasteiger partial charge in [-0.25, -0.2) is 4.98 Å². The Morgan fingerprint density at radius 1 is 1.29 bits per heavy atom. The third-order valence-electron chi connectivity index (χ3n) is 2.76. The first-order valence-electron chi connectivity index (χ1n) is 5.75. The number of rotatable bonds is 5. The van der Waals surface area contributed by atoms with Crippen molar-refractivity contribution < 1.29 is 0 Å². The van der Waals surface area contributed by atoms with Gasteiger partial charge in [-0.05, 0) is 38.1 Å². The Morgan fingerprint density at radius 2 is 2.06 bits per heavy atom. The van der Waals surface area contributed by atoms with Gasteiger partial charge in [-0.3, -0.25) is 4.98 Å². The number of nitrogens with zero attached hydrogens (tertiary/aromatic N) is 2. The number of aryl methyl sites for hydroxylation is 1. The molecule has 0 spiro atoms. The van der Waals surface area contributed by atoms with Gasteiger partial charge in [-0.1, -0.05) is 0 Å². The third-order valence-corrected chi connectivity index (χ3v) is 3.58. The van der Waals surface area contributed by atoms with Crippen molar-refractivity contribution in [1.82, 2.24) is 15.3 Å². The molecule has 2 aromatic heterocycles. The second kappa shape index (κ2) is 5.89. The minimum Gasteiger partial charge on any atom is -0.316 e. The highest BCUT2D eigenvalue weighted by atomic mass is 32.1. The molecule has 1 unspecified atom stereocenters. The van der Waals surface area contributed by atoms with Gasteiger partial charge in [0.15, 0.2) is 0 Å². The van der Waals surface area contributed by atoms with Crippen LogP contribution >= 0.6 is 11.3 Å². The molecule has 0 fully saturated rings. The lowest BCUT2D eigenvalue weighted by Crippen LogP contribution is -2.30. The molecule has 0 aliphatic carbocycles. The molecule has 90 valence electrons. The van der Waals surface area contributed by atoms with Crippen LogP contribution in [0.25, 0.3) is 0 Å². The highest BCUT2D eigenvalue weighted by Gasteiger charge is 2.10.